The van der Waals surface area contributed by atoms with Crippen LogP contribution in [0.4, 0.5) is 13.2 Å². The summed E-state index contributed by atoms with van der Waals surface area (Å²) in [6.07, 6.45) is -4.37. The van der Waals surface area contributed by atoms with E-state index in [1.165, 1.54) is 11.6 Å². The SMILES string of the molecule is Cn1cc(S(=O)(=O)Cl)cc1C(=O)NCCCC(F)(F)F. The zero-order chi connectivity index (χ0) is 15.6. The average Bonchev–Trinajstić information content (AvgIpc) is 2.65. The minimum atomic E-state index is -4.27. The van der Waals surface area contributed by atoms with E-state index in [-0.39, 0.29) is 23.6 Å². The molecule has 0 atom stereocenters. The number of nitrogens with zero attached hydrogens (tertiary/aromatic N) is 1. The molecule has 0 aliphatic heterocycles. The van der Waals surface area contributed by atoms with Crippen LogP contribution >= 0.6 is 10.7 Å². The summed E-state index contributed by atoms with van der Waals surface area (Å²) >= 11 is 0. The molecule has 0 saturated carbocycles. The minimum absolute atomic E-state index is 0.00349. The maximum atomic E-state index is 11.9. The summed E-state index contributed by atoms with van der Waals surface area (Å²) in [4.78, 5) is 11.4. The van der Waals surface area contributed by atoms with Crippen molar-refractivity contribution >= 4 is 25.6 Å². The van der Waals surface area contributed by atoms with Crippen molar-refractivity contribution in [2.45, 2.75) is 23.9 Å². The topological polar surface area (TPSA) is 68.2 Å². The van der Waals surface area contributed by atoms with E-state index in [9.17, 15) is 26.4 Å². The van der Waals surface area contributed by atoms with E-state index < -0.39 is 27.6 Å². The van der Waals surface area contributed by atoms with Crippen LogP contribution in [0.25, 0.3) is 0 Å². The Morgan fingerprint density at radius 3 is 2.50 bits per heavy atom. The van der Waals surface area contributed by atoms with Crippen molar-refractivity contribution in [1.82, 2.24) is 9.88 Å². The van der Waals surface area contributed by atoms with E-state index in [2.05, 4.69) is 5.32 Å². The average molecular weight is 333 g/mol. The first kappa shape index (κ1) is 16.8. The van der Waals surface area contributed by atoms with Crippen molar-refractivity contribution in [3.63, 3.8) is 0 Å². The molecule has 1 aromatic heterocycles. The van der Waals surface area contributed by atoms with Gasteiger partial charge >= 0.3 is 6.18 Å². The summed E-state index contributed by atoms with van der Waals surface area (Å²) in [5, 5.41) is 2.28. The zero-order valence-electron chi connectivity index (χ0n) is 10.4. The summed E-state index contributed by atoms with van der Waals surface area (Å²) in [7, 11) is 2.59. The molecule has 1 heterocycles. The molecule has 0 aliphatic rings. The molecule has 1 aromatic rings. The van der Waals surface area contributed by atoms with Crippen LogP contribution in [0.5, 0.6) is 0 Å². The fraction of sp³-hybridized carbons (Fsp3) is 0.500. The third kappa shape index (κ3) is 5.04. The van der Waals surface area contributed by atoms with Crippen molar-refractivity contribution in [2.75, 3.05) is 6.54 Å². The van der Waals surface area contributed by atoms with Gasteiger partial charge in [-0.3, -0.25) is 4.79 Å². The fourth-order valence-electron chi connectivity index (χ4n) is 1.47. The Hall–Kier alpha value is -1.22. The van der Waals surface area contributed by atoms with Gasteiger partial charge in [0.25, 0.3) is 15.0 Å². The number of carbonyl (C=O) groups excluding carboxylic acids is 1. The predicted molar refractivity (Wildman–Crippen MR) is 66.1 cm³/mol. The summed E-state index contributed by atoms with van der Waals surface area (Å²) in [5.74, 6) is -0.666. The number of hydrogen-bond acceptors (Lipinski definition) is 3. The maximum absolute atomic E-state index is 11.9. The molecule has 1 amide bonds. The predicted octanol–water partition coefficient (Wildman–Crippen LogP) is 2.02. The van der Waals surface area contributed by atoms with E-state index in [1.807, 2.05) is 0 Å². The first-order valence-corrected chi connectivity index (χ1v) is 7.77. The Morgan fingerprint density at radius 1 is 1.45 bits per heavy atom. The number of halogens is 4. The van der Waals surface area contributed by atoms with Gasteiger partial charge in [0.05, 0.1) is 0 Å². The van der Waals surface area contributed by atoms with Crippen molar-refractivity contribution in [1.29, 1.82) is 0 Å². The van der Waals surface area contributed by atoms with Crippen LogP contribution in [0.1, 0.15) is 23.3 Å². The lowest BCUT2D eigenvalue weighted by Crippen LogP contribution is -2.27. The fourth-order valence-corrected chi connectivity index (χ4v) is 2.26. The number of carbonyl (C=O) groups is 1. The van der Waals surface area contributed by atoms with Crippen LogP contribution in [-0.4, -0.2) is 31.6 Å². The van der Waals surface area contributed by atoms with E-state index >= 15 is 0 Å². The second kappa shape index (κ2) is 6.04. The van der Waals surface area contributed by atoms with Crippen LogP contribution in [0.3, 0.4) is 0 Å². The molecule has 0 fully saturated rings. The van der Waals surface area contributed by atoms with Gasteiger partial charge in [-0.1, -0.05) is 0 Å². The van der Waals surface area contributed by atoms with Gasteiger partial charge in [0.1, 0.15) is 10.6 Å². The number of nitrogens with one attached hydrogen (secondary N) is 1. The lowest BCUT2D eigenvalue weighted by Gasteiger charge is -2.07. The van der Waals surface area contributed by atoms with E-state index in [4.69, 9.17) is 10.7 Å². The van der Waals surface area contributed by atoms with Gasteiger partial charge in [0.2, 0.25) is 0 Å². The zero-order valence-corrected chi connectivity index (χ0v) is 11.9. The molecule has 20 heavy (non-hydrogen) atoms. The van der Waals surface area contributed by atoms with Gasteiger partial charge in [0, 0.05) is 36.9 Å². The maximum Gasteiger partial charge on any atom is 0.389 e. The van der Waals surface area contributed by atoms with Gasteiger partial charge in [-0.15, -0.1) is 0 Å². The second-order valence-electron chi connectivity index (χ2n) is 4.08. The van der Waals surface area contributed by atoms with Crippen molar-refractivity contribution in [3.8, 4) is 0 Å². The van der Waals surface area contributed by atoms with Crippen LogP contribution in [0, 0.1) is 0 Å². The quantitative estimate of drug-likeness (QED) is 0.662. The molecule has 10 heteroatoms. The molecule has 0 unspecified atom stereocenters. The lowest BCUT2D eigenvalue weighted by molar-refractivity contribution is -0.135. The van der Waals surface area contributed by atoms with E-state index in [1.54, 1.807) is 0 Å². The Morgan fingerprint density at radius 2 is 2.05 bits per heavy atom. The Labute approximate surface area is 118 Å². The number of hydrogen-bond donors (Lipinski definition) is 1. The van der Waals surface area contributed by atoms with Crippen molar-refractivity contribution in [2.24, 2.45) is 7.05 Å². The van der Waals surface area contributed by atoms with Crippen LogP contribution < -0.4 is 5.32 Å². The molecule has 0 bridgehead atoms. The molecule has 114 valence electrons. The van der Waals surface area contributed by atoms with Gasteiger partial charge in [-0.2, -0.15) is 13.2 Å². The van der Waals surface area contributed by atoms with Crippen molar-refractivity contribution in [3.05, 3.63) is 18.0 Å². The Balaban J connectivity index is 2.63. The summed E-state index contributed by atoms with van der Waals surface area (Å²) in [5.41, 5.74) is -0.00349. The molecule has 0 saturated heterocycles. The van der Waals surface area contributed by atoms with E-state index in [0.717, 1.165) is 12.3 Å². The Kier molecular flexibility index (Phi) is 5.09. The first-order chi connectivity index (χ1) is 9.00. The first-order valence-electron chi connectivity index (χ1n) is 5.46. The number of rotatable bonds is 5. The smallest absolute Gasteiger partial charge is 0.351 e. The summed E-state index contributed by atoms with van der Waals surface area (Å²) in [6, 6.07) is 1.06. The van der Waals surface area contributed by atoms with Crippen LogP contribution in [-0.2, 0) is 16.1 Å². The van der Waals surface area contributed by atoms with Gasteiger partial charge in [-0.25, -0.2) is 8.42 Å². The standard InChI is InChI=1S/C10H12ClF3N2O3S/c1-16-6-7(20(11,18)19)5-8(16)9(17)15-4-2-3-10(12,13)14/h5-6H,2-4H2,1H3,(H,15,17). The van der Waals surface area contributed by atoms with Crippen molar-refractivity contribution < 1.29 is 26.4 Å². The molecular weight excluding hydrogens is 321 g/mol. The molecule has 5 nitrogen and oxygen atoms in total. The van der Waals surface area contributed by atoms with E-state index in [0.29, 0.717) is 0 Å². The highest BCUT2D eigenvalue weighted by Crippen LogP contribution is 2.21. The molecular formula is C10H12ClF3N2O3S. The highest BCUT2D eigenvalue weighted by Gasteiger charge is 2.26. The summed E-state index contributed by atoms with van der Waals surface area (Å²) in [6.45, 7) is -0.160. The van der Waals surface area contributed by atoms with Crippen LogP contribution in [0.15, 0.2) is 17.2 Å². The largest absolute Gasteiger partial charge is 0.389 e. The molecule has 0 radical (unpaired) electrons. The van der Waals surface area contributed by atoms with Gasteiger partial charge in [0.15, 0.2) is 0 Å². The second-order valence-corrected chi connectivity index (χ2v) is 6.65. The van der Waals surface area contributed by atoms with Crippen LogP contribution in [0.2, 0.25) is 0 Å². The summed E-state index contributed by atoms with van der Waals surface area (Å²) < 4.78 is 59.1. The molecule has 0 aliphatic carbocycles. The lowest BCUT2D eigenvalue weighted by atomic mass is 10.3. The third-order valence-corrected chi connectivity index (χ3v) is 3.74. The highest BCUT2D eigenvalue weighted by atomic mass is 35.7. The van der Waals surface area contributed by atoms with Gasteiger partial charge in [-0.05, 0) is 12.5 Å². The molecule has 1 N–H and O–H groups in total. The van der Waals surface area contributed by atoms with Gasteiger partial charge < -0.3 is 9.88 Å². The monoisotopic (exact) mass is 332 g/mol. The molecule has 0 aromatic carbocycles. The highest BCUT2D eigenvalue weighted by molar-refractivity contribution is 8.13. The molecule has 0 spiro atoms. The number of aromatic nitrogens is 1. The number of aryl methyl sites for hydroxylation is 1. The number of alkyl halides is 3. The number of amides is 1. The molecule has 1 rings (SSSR count). The Bertz CT molecular complexity index is 595. The third-order valence-electron chi connectivity index (χ3n) is 2.42. The minimum Gasteiger partial charge on any atom is -0.351 e. The normalized spacial score (nSPS) is 12.4.